The Hall–Kier alpha value is -3.80. The number of carbonyl (C=O) groups is 1. The number of anilines is 3. The molecule has 0 saturated carbocycles. The number of hydrogen-bond donors (Lipinski definition) is 1. The van der Waals surface area contributed by atoms with Crippen LogP contribution in [-0.2, 0) is 0 Å². The van der Waals surface area contributed by atoms with E-state index < -0.39 is 0 Å². The summed E-state index contributed by atoms with van der Waals surface area (Å²) in [5, 5.41) is 8.81. The molecule has 0 spiro atoms. The molecule has 1 fully saturated rings. The normalized spacial score (nSPS) is 19.3. The Labute approximate surface area is 198 Å². The zero-order valence-corrected chi connectivity index (χ0v) is 19.6. The van der Waals surface area contributed by atoms with Gasteiger partial charge in [0.2, 0.25) is 0 Å². The van der Waals surface area contributed by atoms with E-state index in [1.807, 2.05) is 48.5 Å². The lowest BCUT2D eigenvalue weighted by atomic mass is 9.85. The van der Waals surface area contributed by atoms with Gasteiger partial charge in [0, 0.05) is 29.9 Å². The Kier molecular flexibility index (Phi) is 4.83. The second-order valence-electron chi connectivity index (χ2n) is 9.63. The molecule has 6 heteroatoms. The summed E-state index contributed by atoms with van der Waals surface area (Å²) in [5.74, 6) is 2.60. The molecule has 34 heavy (non-hydrogen) atoms. The van der Waals surface area contributed by atoms with Gasteiger partial charge >= 0.3 is 0 Å². The summed E-state index contributed by atoms with van der Waals surface area (Å²) in [6.07, 6.45) is 1.21. The van der Waals surface area contributed by atoms with Gasteiger partial charge in [-0.25, -0.2) is 0 Å². The minimum absolute atomic E-state index is 0.0146. The second-order valence-corrected chi connectivity index (χ2v) is 9.63. The van der Waals surface area contributed by atoms with Crippen molar-refractivity contribution < 1.29 is 14.1 Å². The summed E-state index contributed by atoms with van der Waals surface area (Å²) < 4.78 is 11.2. The molecule has 2 heterocycles. The number of benzene rings is 3. The molecule has 0 radical (unpaired) electrons. The predicted octanol–water partition coefficient (Wildman–Crippen LogP) is 6.27. The lowest BCUT2D eigenvalue weighted by Gasteiger charge is -2.37. The number of methoxy groups -OCH3 is 1. The fraction of sp³-hybridized carbons (Fsp3) is 0.286. The van der Waals surface area contributed by atoms with Crippen LogP contribution < -0.4 is 15.0 Å². The molecule has 2 atom stereocenters. The van der Waals surface area contributed by atoms with Crippen LogP contribution >= 0.6 is 0 Å². The molecular formula is C28H27N3O3. The van der Waals surface area contributed by atoms with Crippen LogP contribution in [-0.4, -0.2) is 31.1 Å². The van der Waals surface area contributed by atoms with Crippen LogP contribution in [0.3, 0.4) is 0 Å². The largest absolute Gasteiger partial charge is 0.497 e. The van der Waals surface area contributed by atoms with Crippen molar-refractivity contribution in [3.05, 3.63) is 65.7 Å². The number of ketones is 1. The fourth-order valence-corrected chi connectivity index (χ4v) is 5.57. The minimum atomic E-state index is -0.0146. The van der Waals surface area contributed by atoms with Crippen LogP contribution in [0.4, 0.5) is 17.1 Å². The minimum Gasteiger partial charge on any atom is -0.497 e. The Morgan fingerprint density at radius 3 is 2.44 bits per heavy atom. The number of piperidine rings is 1. The molecular weight excluding hydrogens is 426 g/mol. The Bertz CT molecular complexity index is 1400. The summed E-state index contributed by atoms with van der Waals surface area (Å²) in [7, 11) is 1.65. The average Bonchev–Trinajstić information content (AvgIpc) is 3.28. The lowest BCUT2D eigenvalue weighted by Crippen LogP contribution is -2.39. The molecule has 0 amide bonds. The van der Waals surface area contributed by atoms with Gasteiger partial charge in [0.1, 0.15) is 11.3 Å². The summed E-state index contributed by atoms with van der Waals surface area (Å²) in [6.45, 7) is 6.49. The van der Waals surface area contributed by atoms with Crippen molar-refractivity contribution in [3.8, 4) is 17.1 Å². The van der Waals surface area contributed by atoms with Crippen molar-refractivity contribution in [2.24, 2.45) is 11.8 Å². The third-order valence-electron chi connectivity index (χ3n) is 6.96. The van der Waals surface area contributed by atoms with E-state index in [1.54, 1.807) is 7.11 Å². The van der Waals surface area contributed by atoms with Gasteiger partial charge in [-0.3, -0.25) is 4.79 Å². The summed E-state index contributed by atoms with van der Waals surface area (Å²) >= 11 is 0. The fourth-order valence-electron chi connectivity index (χ4n) is 5.57. The van der Waals surface area contributed by atoms with Crippen LogP contribution in [0.25, 0.3) is 22.2 Å². The van der Waals surface area contributed by atoms with E-state index in [4.69, 9.17) is 9.26 Å². The SMILES string of the molecule is COc1ccc(Nc2cc(N3C[C@H](C)C[C@H](C)C3)c3noc4c3c2C(=O)c2ccccc2-4)cc1. The first kappa shape index (κ1) is 20.8. The van der Waals surface area contributed by atoms with Crippen LogP contribution in [0.1, 0.15) is 36.2 Å². The van der Waals surface area contributed by atoms with Crippen molar-refractivity contribution in [1.82, 2.24) is 5.16 Å². The zero-order chi connectivity index (χ0) is 23.4. The van der Waals surface area contributed by atoms with Crippen molar-refractivity contribution in [2.45, 2.75) is 20.3 Å². The summed E-state index contributed by atoms with van der Waals surface area (Å²) in [4.78, 5) is 16.1. The van der Waals surface area contributed by atoms with Gasteiger partial charge < -0.3 is 19.5 Å². The number of hydrogen-bond acceptors (Lipinski definition) is 6. The van der Waals surface area contributed by atoms with Crippen LogP contribution in [0.2, 0.25) is 0 Å². The van der Waals surface area contributed by atoms with Crippen molar-refractivity contribution in [1.29, 1.82) is 0 Å². The van der Waals surface area contributed by atoms with Gasteiger partial charge in [-0.1, -0.05) is 43.3 Å². The molecule has 1 saturated heterocycles. The highest BCUT2D eigenvalue weighted by atomic mass is 16.5. The standard InChI is InChI=1S/C28H27N3O3/c1-16-12-17(2)15-31(14-16)23-13-22(29-18-8-10-19(33-3)11-9-18)24-25-26(23)30-34-28(25)21-7-5-4-6-20(21)27(24)32/h4-11,13,16-17,29H,12,14-15H2,1-3H3/t16-,17+. The summed E-state index contributed by atoms with van der Waals surface area (Å²) in [6, 6.07) is 17.4. The molecule has 1 N–H and O–H groups in total. The van der Waals surface area contributed by atoms with Gasteiger partial charge in [0.15, 0.2) is 11.5 Å². The van der Waals surface area contributed by atoms with E-state index in [9.17, 15) is 4.79 Å². The monoisotopic (exact) mass is 453 g/mol. The van der Waals surface area contributed by atoms with E-state index in [-0.39, 0.29) is 5.78 Å². The van der Waals surface area contributed by atoms with Crippen LogP contribution in [0.5, 0.6) is 5.75 Å². The van der Waals surface area contributed by atoms with Gasteiger partial charge in [0.05, 0.1) is 29.4 Å². The molecule has 6 nitrogen and oxygen atoms in total. The maximum Gasteiger partial charge on any atom is 0.196 e. The maximum absolute atomic E-state index is 13.8. The van der Waals surface area contributed by atoms with Crippen molar-refractivity contribution in [3.63, 3.8) is 0 Å². The number of aromatic nitrogens is 1. The topological polar surface area (TPSA) is 67.6 Å². The highest BCUT2D eigenvalue weighted by molar-refractivity contribution is 6.28. The summed E-state index contributed by atoms with van der Waals surface area (Å²) in [5.41, 5.74) is 5.47. The number of nitrogens with one attached hydrogen (secondary N) is 1. The highest BCUT2D eigenvalue weighted by Gasteiger charge is 2.34. The van der Waals surface area contributed by atoms with Gasteiger partial charge in [-0.05, 0) is 48.6 Å². The van der Waals surface area contributed by atoms with E-state index >= 15 is 0 Å². The predicted molar refractivity (Wildman–Crippen MR) is 134 cm³/mol. The second kappa shape index (κ2) is 7.90. The molecule has 0 unspecified atom stereocenters. The average molecular weight is 454 g/mol. The maximum atomic E-state index is 13.8. The van der Waals surface area contributed by atoms with Gasteiger partial charge in [-0.2, -0.15) is 0 Å². The molecule has 4 aromatic rings. The number of nitrogens with zero attached hydrogens (tertiary/aromatic N) is 2. The molecule has 1 aliphatic heterocycles. The number of ether oxygens (including phenoxy) is 1. The molecule has 0 bridgehead atoms. The molecule has 1 aromatic heterocycles. The van der Waals surface area contributed by atoms with Crippen molar-refractivity contribution >= 4 is 33.7 Å². The molecule has 2 aliphatic rings. The van der Waals surface area contributed by atoms with Gasteiger partial charge in [-0.15, -0.1) is 0 Å². The first-order valence-corrected chi connectivity index (χ1v) is 11.8. The first-order valence-electron chi connectivity index (χ1n) is 11.8. The quantitative estimate of drug-likeness (QED) is 0.346. The van der Waals surface area contributed by atoms with E-state index in [2.05, 4.69) is 35.3 Å². The molecule has 3 aromatic carbocycles. The first-order chi connectivity index (χ1) is 16.5. The van der Waals surface area contributed by atoms with Crippen molar-refractivity contribution in [2.75, 3.05) is 30.4 Å². The number of carbonyl (C=O) groups excluding carboxylic acids is 1. The van der Waals surface area contributed by atoms with E-state index in [1.165, 1.54) is 6.42 Å². The van der Waals surface area contributed by atoms with Gasteiger partial charge in [0.25, 0.3) is 0 Å². The zero-order valence-electron chi connectivity index (χ0n) is 19.6. The Morgan fingerprint density at radius 1 is 1.03 bits per heavy atom. The van der Waals surface area contributed by atoms with E-state index in [0.717, 1.165) is 52.4 Å². The highest BCUT2D eigenvalue weighted by Crippen LogP contribution is 2.47. The number of rotatable bonds is 4. The molecule has 6 rings (SSSR count). The third-order valence-corrected chi connectivity index (χ3v) is 6.96. The molecule has 172 valence electrons. The lowest BCUT2D eigenvalue weighted by molar-refractivity contribution is 0.104. The Morgan fingerprint density at radius 2 is 1.74 bits per heavy atom. The van der Waals surface area contributed by atoms with Crippen LogP contribution in [0, 0.1) is 11.8 Å². The third kappa shape index (κ3) is 3.24. The van der Waals surface area contributed by atoms with E-state index in [0.29, 0.717) is 28.7 Å². The Balaban J connectivity index is 1.57. The van der Waals surface area contributed by atoms with Crippen LogP contribution in [0.15, 0.2) is 59.1 Å². The molecule has 1 aliphatic carbocycles. The number of fused-ring (bicyclic) bond motifs is 2. The smallest absolute Gasteiger partial charge is 0.196 e.